The summed E-state index contributed by atoms with van der Waals surface area (Å²) in [6, 6.07) is 3.38. The highest BCUT2D eigenvalue weighted by molar-refractivity contribution is 5.85. The first-order valence-corrected chi connectivity index (χ1v) is 2.98. The zero-order valence-electron chi connectivity index (χ0n) is 5.64. The molecule has 1 N–H and O–H groups in total. The molecule has 0 unspecified atom stereocenters. The zero-order chi connectivity index (χ0) is 6.97. The molecule has 0 atom stereocenters. The monoisotopic (exact) mass is 170 g/mol. The summed E-state index contributed by atoms with van der Waals surface area (Å²) in [5.74, 6) is 0.215. The van der Waals surface area contributed by atoms with Crippen LogP contribution in [0.2, 0.25) is 0 Å². The van der Waals surface area contributed by atoms with E-state index in [-0.39, 0.29) is 18.2 Å². The normalized spacial score (nSPS) is 9.45. The van der Waals surface area contributed by atoms with E-state index in [1.54, 1.807) is 28.9 Å². The van der Waals surface area contributed by atoms with Gasteiger partial charge in [-0.05, 0) is 12.1 Å². The van der Waals surface area contributed by atoms with Gasteiger partial charge in [-0.2, -0.15) is 0 Å². The second-order valence-electron chi connectivity index (χ2n) is 2.05. The minimum Gasteiger partial charge on any atom is -0.504 e. The smallest absolute Gasteiger partial charge is 0.179 e. The fourth-order valence-corrected chi connectivity index (χ4v) is 0.933. The molecule has 4 heteroatoms. The van der Waals surface area contributed by atoms with E-state index in [0.29, 0.717) is 5.65 Å². The van der Waals surface area contributed by atoms with Crippen molar-refractivity contribution in [2.75, 3.05) is 0 Å². The molecule has 0 spiro atoms. The van der Waals surface area contributed by atoms with Crippen LogP contribution in [0.15, 0.2) is 30.7 Å². The number of hydrogen-bond donors (Lipinski definition) is 1. The van der Waals surface area contributed by atoms with Crippen molar-refractivity contribution in [2.45, 2.75) is 0 Å². The minimum atomic E-state index is 0. The van der Waals surface area contributed by atoms with Gasteiger partial charge in [0, 0.05) is 18.6 Å². The number of pyridine rings is 1. The topological polar surface area (TPSA) is 37.5 Å². The molecule has 2 heterocycles. The molecule has 3 nitrogen and oxygen atoms in total. The first-order chi connectivity index (χ1) is 4.88. The standard InChI is InChI=1S/C7H6N2O.ClH/c10-6-2-1-4-9-5-3-8-7(6)9;/h1-5,10H;1H. The minimum absolute atomic E-state index is 0. The summed E-state index contributed by atoms with van der Waals surface area (Å²) in [4.78, 5) is 3.93. The maximum Gasteiger partial charge on any atom is 0.179 e. The Morgan fingerprint density at radius 3 is 2.91 bits per heavy atom. The summed E-state index contributed by atoms with van der Waals surface area (Å²) in [6.07, 6.45) is 5.27. The van der Waals surface area contributed by atoms with Gasteiger partial charge in [-0.1, -0.05) is 0 Å². The Kier molecular flexibility index (Phi) is 2.01. The Morgan fingerprint density at radius 1 is 1.36 bits per heavy atom. The van der Waals surface area contributed by atoms with Crippen LogP contribution in [0.5, 0.6) is 5.75 Å². The summed E-state index contributed by atoms with van der Waals surface area (Å²) in [7, 11) is 0. The van der Waals surface area contributed by atoms with Crippen molar-refractivity contribution in [1.82, 2.24) is 9.38 Å². The molecule has 0 bridgehead atoms. The van der Waals surface area contributed by atoms with E-state index < -0.39 is 0 Å². The Labute approximate surface area is 69.7 Å². The summed E-state index contributed by atoms with van der Waals surface area (Å²) >= 11 is 0. The highest BCUT2D eigenvalue weighted by Crippen LogP contribution is 2.13. The van der Waals surface area contributed by atoms with Gasteiger partial charge in [-0.25, -0.2) is 4.98 Å². The van der Waals surface area contributed by atoms with Gasteiger partial charge < -0.3 is 9.51 Å². The molecule has 0 radical (unpaired) electrons. The van der Waals surface area contributed by atoms with Crippen molar-refractivity contribution in [1.29, 1.82) is 0 Å². The Bertz CT molecular complexity index is 358. The highest BCUT2D eigenvalue weighted by Gasteiger charge is 1.96. The number of hydrogen-bond acceptors (Lipinski definition) is 2. The molecular formula is C7H7ClN2O. The van der Waals surface area contributed by atoms with Crippen LogP contribution < -0.4 is 0 Å². The number of aromatic nitrogens is 2. The van der Waals surface area contributed by atoms with Crippen molar-refractivity contribution in [2.24, 2.45) is 0 Å². The molecule has 2 aromatic rings. The first kappa shape index (κ1) is 7.88. The number of fused-ring (bicyclic) bond motifs is 1. The van der Waals surface area contributed by atoms with Crippen molar-refractivity contribution in [3.05, 3.63) is 30.7 Å². The molecular weight excluding hydrogens is 164 g/mol. The van der Waals surface area contributed by atoms with Crippen LogP contribution in [-0.2, 0) is 0 Å². The third-order valence-electron chi connectivity index (χ3n) is 1.40. The number of imidazole rings is 1. The van der Waals surface area contributed by atoms with Gasteiger partial charge in [0.2, 0.25) is 0 Å². The van der Waals surface area contributed by atoms with E-state index in [0.717, 1.165) is 0 Å². The number of nitrogens with zero attached hydrogens (tertiary/aromatic N) is 2. The maximum absolute atomic E-state index is 9.18. The molecule has 0 aromatic carbocycles. The van der Waals surface area contributed by atoms with Crippen molar-refractivity contribution in [3.8, 4) is 5.75 Å². The van der Waals surface area contributed by atoms with E-state index >= 15 is 0 Å². The van der Waals surface area contributed by atoms with Gasteiger partial charge in [0.05, 0.1) is 0 Å². The van der Waals surface area contributed by atoms with Crippen molar-refractivity contribution < 1.29 is 5.11 Å². The lowest BCUT2D eigenvalue weighted by Gasteiger charge is -1.92. The van der Waals surface area contributed by atoms with Crippen LogP contribution in [0.3, 0.4) is 0 Å². The first-order valence-electron chi connectivity index (χ1n) is 2.98. The third-order valence-corrected chi connectivity index (χ3v) is 1.40. The molecule has 0 fully saturated rings. The van der Waals surface area contributed by atoms with Crippen LogP contribution in [0.1, 0.15) is 0 Å². The Hall–Kier alpha value is -1.22. The second-order valence-corrected chi connectivity index (χ2v) is 2.05. The second kappa shape index (κ2) is 2.80. The molecule has 0 amide bonds. The van der Waals surface area contributed by atoms with Crippen LogP contribution in [-0.4, -0.2) is 14.5 Å². The van der Waals surface area contributed by atoms with Gasteiger partial charge in [0.15, 0.2) is 11.4 Å². The summed E-state index contributed by atoms with van der Waals surface area (Å²) in [5.41, 5.74) is 0.600. The van der Waals surface area contributed by atoms with Crippen LogP contribution in [0.4, 0.5) is 0 Å². The number of rotatable bonds is 0. The lowest BCUT2D eigenvalue weighted by molar-refractivity contribution is 0.477. The van der Waals surface area contributed by atoms with Crippen LogP contribution in [0.25, 0.3) is 5.65 Å². The average Bonchev–Trinajstić information content (AvgIpc) is 2.36. The van der Waals surface area contributed by atoms with E-state index in [1.165, 1.54) is 0 Å². The summed E-state index contributed by atoms with van der Waals surface area (Å²) in [6.45, 7) is 0. The van der Waals surface area contributed by atoms with Gasteiger partial charge in [0.1, 0.15) is 0 Å². The van der Waals surface area contributed by atoms with Gasteiger partial charge in [-0.3, -0.25) is 0 Å². The Balaban J connectivity index is 0.000000605. The van der Waals surface area contributed by atoms with E-state index in [9.17, 15) is 5.11 Å². The molecule has 2 aromatic heterocycles. The van der Waals surface area contributed by atoms with E-state index in [4.69, 9.17) is 0 Å². The zero-order valence-corrected chi connectivity index (χ0v) is 6.45. The molecule has 0 aliphatic rings. The fraction of sp³-hybridized carbons (Fsp3) is 0. The average molecular weight is 171 g/mol. The fourth-order valence-electron chi connectivity index (χ4n) is 0.933. The largest absolute Gasteiger partial charge is 0.504 e. The van der Waals surface area contributed by atoms with Gasteiger partial charge in [-0.15, -0.1) is 12.4 Å². The van der Waals surface area contributed by atoms with Gasteiger partial charge >= 0.3 is 0 Å². The maximum atomic E-state index is 9.18. The SMILES string of the molecule is Cl.Oc1cccn2ccnc12. The van der Waals surface area contributed by atoms with Crippen LogP contribution >= 0.6 is 12.4 Å². The number of halogens is 1. The molecule has 0 saturated carbocycles. The third kappa shape index (κ3) is 1.14. The number of aromatic hydroxyl groups is 1. The summed E-state index contributed by atoms with van der Waals surface area (Å²) in [5, 5.41) is 9.18. The van der Waals surface area contributed by atoms with Crippen molar-refractivity contribution >= 4 is 18.1 Å². The summed E-state index contributed by atoms with van der Waals surface area (Å²) < 4.78 is 1.76. The molecule has 11 heavy (non-hydrogen) atoms. The predicted octanol–water partition coefficient (Wildman–Crippen LogP) is 1.46. The van der Waals surface area contributed by atoms with E-state index in [2.05, 4.69) is 4.98 Å². The van der Waals surface area contributed by atoms with Crippen molar-refractivity contribution in [3.63, 3.8) is 0 Å². The highest BCUT2D eigenvalue weighted by atomic mass is 35.5. The molecule has 58 valence electrons. The lowest BCUT2D eigenvalue weighted by Crippen LogP contribution is -1.80. The lowest BCUT2D eigenvalue weighted by atomic mass is 10.4. The quantitative estimate of drug-likeness (QED) is 0.650. The molecule has 2 rings (SSSR count). The predicted molar refractivity (Wildman–Crippen MR) is 44.1 cm³/mol. The van der Waals surface area contributed by atoms with Gasteiger partial charge in [0.25, 0.3) is 0 Å². The Morgan fingerprint density at radius 2 is 2.18 bits per heavy atom. The molecule has 0 saturated heterocycles. The molecule has 0 aliphatic carbocycles. The van der Waals surface area contributed by atoms with E-state index in [1.807, 2.05) is 6.20 Å². The van der Waals surface area contributed by atoms with Crippen LogP contribution in [0, 0.1) is 0 Å². The molecule has 0 aliphatic heterocycles.